The maximum absolute atomic E-state index is 12.6. The first kappa shape index (κ1) is 30.4. The Hall–Kier alpha value is -2.10. The van der Waals surface area contributed by atoms with Gasteiger partial charge in [-0.15, -0.1) is 0 Å². The molecule has 2 fully saturated rings. The van der Waals surface area contributed by atoms with Gasteiger partial charge in [0, 0.05) is 19.2 Å². The molecule has 0 aliphatic carbocycles. The Labute approximate surface area is 213 Å². The highest BCUT2D eigenvalue weighted by Crippen LogP contribution is 2.48. The zero-order valence-corrected chi connectivity index (χ0v) is 20.4. The van der Waals surface area contributed by atoms with E-state index in [1.807, 2.05) is 0 Å². The van der Waals surface area contributed by atoms with Gasteiger partial charge in [0.2, 0.25) is 0 Å². The molecular formula is C18H29N5O14P-. The van der Waals surface area contributed by atoms with Crippen molar-refractivity contribution in [1.29, 1.82) is 0 Å². The third-order valence-electron chi connectivity index (χ3n) is 6.05. The molecule has 3 heterocycles. The monoisotopic (exact) mass is 570 g/mol. The number of ether oxygens (including phenoxy) is 2. The van der Waals surface area contributed by atoms with Crippen molar-refractivity contribution in [3.8, 4) is 0 Å². The number of aliphatic hydroxyl groups excluding tert-OH is 5. The Bertz CT molecular complexity index is 1110. The quantitative estimate of drug-likeness (QED) is 0.118. The van der Waals surface area contributed by atoms with Gasteiger partial charge in [0.25, 0.3) is 13.6 Å². The maximum atomic E-state index is 12.6. The average Bonchev–Trinajstić information content (AvgIpc) is 3.12. The van der Waals surface area contributed by atoms with E-state index >= 15 is 0 Å². The van der Waals surface area contributed by atoms with Crippen LogP contribution < -0.4 is 27.8 Å². The van der Waals surface area contributed by atoms with E-state index in [4.69, 9.17) is 26.7 Å². The summed E-state index contributed by atoms with van der Waals surface area (Å²) in [7, 11) is -5.67. The molecule has 38 heavy (non-hydrogen) atoms. The van der Waals surface area contributed by atoms with Gasteiger partial charge in [-0.2, -0.15) is 4.98 Å². The summed E-state index contributed by atoms with van der Waals surface area (Å²) in [5.41, 5.74) is 15.5. The van der Waals surface area contributed by atoms with Crippen LogP contribution in [0.5, 0.6) is 0 Å². The number of carboxylic acid groups (broad SMARTS) is 1. The predicted molar refractivity (Wildman–Crippen MR) is 118 cm³/mol. The molecular weight excluding hydrogens is 541 g/mol. The molecule has 1 aromatic rings. The molecule has 2 aliphatic rings. The fourth-order valence-corrected chi connectivity index (χ4v) is 4.90. The van der Waals surface area contributed by atoms with E-state index in [1.165, 1.54) is 6.07 Å². The molecule has 3 unspecified atom stereocenters. The second kappa shape index (κ2) is 11.6. The van der Waals surface area contributed by atoms with E-state index in [-0.39, 0.29) is 5.82 Å². The summed E-state index contributed by atoms with van der Waals surface area (Å²) in [6.45, 7) is -1.54. The second-order valence-electron chi connectivity index (χ2n) is 8.71. The molecule has 1 aromatic heterocycles. The summed E-state index contributed by atoms with van der Waals surface area (Å²) < 4.78 is 33.1. The van der Waals surface area contributed by atoms with Gasteiger partial charge >= 0.3 is 11.7 Å². The van der Waals surface area contributed by atoms with Crippen LogP contribution in [0.25, 0.3) is 0 Å². The minimum atomic E-state index is -5.67. The zero-order chi connectivity index (χ0) is 28.6. The van der Waals surface area contributed by atoms with Crippen molar-refractivity contribution in [1.82, 2.24) is 9.55 Å². The number of phosphoric ester groups is 1. The van der Waals surface area contributed by atoms with Crippen LogP contribution in [0.2, 0.25) is 0 Å². The van der Waals surface area contributed by atoms with Crippen molar-refractivity contribution in [2.24, 2.45) is 11.5 Å². The second-order valence-corrected chi connectivity index (χ2v) is 10.0. The number of aliphatic hydroxyl groups is 5. The number of nitrogens with zero attached hydrogens (tertiary/aromatic N) is 2. The molecule has 0 aromatic carbocycles. The first-order valence-corrected chi connectivity index (χ1v) is 12.5. The van der Waals surface area contributed by atoms with Crippen molar-refractivity contribution < 1.29 is 63.4 Å². The average molecular weight is 570 g/mol. The Morgan fingerprint density at radius 2 is 2.00 bits per heavy atom. The van der Waals surface area contributed by atoms with Crippen LogP contribution in [0, 0.1) is 0 Å². The number of nitrogens with two attached hydrogens (primary N) is 3. The van der Waals surface area contributed by atoms with Crippen LogP contribution in [0.3, 0.4) is 0 Å². The van der Waals surface area contributed by atoms with Crippen LogP contribution in [-0.4, -0.2) is 114 Å². The summed E-state index contributed by atoms with van der Waals surface area (Å²) in [5.74, 6) is -5.32. The number of nitrogen functional groups attached to an aromatic ring is 1. The van der Waals surface area contributed by atoms with E-state index < -0.39 is 99.8 Å². The SMILES string of the molecule is NC[C@@H](O)[C@@H](O)C1O[C@](OP(=O)([O-])OC[C@H]2O[C@@H](n3ccc(N)nc3=O)C(O)[C@H]2O)(C(=O)O)C[C@@H](O)[C@H]1N. The van der Waals surface area contributed by atoms with Crippen molar-refractivity contribution >= 4 is 19.6 Å². The summed E-state index contributed by atoms with van der Waals surface area (Å²) in [6.07, 6.45) is -13.7. The van der Waals surface area contributed by atoms with Gasteiger partial charge in [-0.05, 0) is 6.07 Å². The molecule has 2 saturated heterocycles. The van der Waals surface area contributed by atoms with Crippen molar-refractivity contribution in [2.45, 2.75) is 67.2 Å². The summed E-state index contributed by atoms with van der Waals surface area (Å²) >= 11 is 0. The van der Waals surface area contributed by atoms with Crippen molar-refractivity contribution in [3.05, 3.63) is 22.7 Å². The fourth-order valence-electron chi connectivity index (χ4n) is 3.96. The molecule has 20 heteroatoms. The van der Waals surface area contributed by atoms with E-state index in [0.29, 0.717) is 0 Å². The third-order valence-corrected chi connectivity index (χ3v) is 7.03. The molecule has 216 valence electrons. The Kier molecular flexibility index (Phi) is 9.26. The molecule has 19 nitrogen and oxygen atoms in total. The molecule has 2 aliphatic heterocycles. The highest BCUT2D eigenvalue weighted by atomic mass is 31.2. The molecule has 11 atom stereocenters. The summed E-state index contributed by atoms with van der Waals surface area (Å²) in [6, 6.07) is -0.263. The highest BCUT2D eigenvalue weighted by molar-refractivity contribution is 7.45. The Balaban J connectivity index is 1.74. The lowest BCUT2D eigenvalue weighted by atomic mass is 9.89. The number of hydrogen-bond donors (Lipinski definition) is 9. The Morgan fingerprint density at radius 1 is 1.34 bits per heavy atom. The molecule has 3 rings (SSSR count). The molecule has 0 radical (unpaired) electrons. The third kappa shape index (κ3) is 6.20. The van der Waals surface area contributed by atoms with E-state index in [2.05, 4.69) is 14.0 Å². The number of rotatable bonds is 10. The highest BCUT2D eigenvalue weighted by Gasteiger charge is 2.56. The molecule has 0 saturated carbocycles. The van der Waals surface area contributed by atoms with Crippen molar-refractivity contribution in [3.63, 3.8) is 0 Å². The lowest BCUT2D eigenvalue weighted by Gasteiger charge is -2.46. The number of aromatic nitrogens is 2. The van der Waals surface area contributed by atoms with Gasteiger partial charge in [0.15, 0.2) is 6.23 Å². The molecule has 0 amide bonds. The van der Waals surface area contributed by atoms with E-state index in [0.717, 1.165) is 10.8 Å². The van der Waals surface area contributed by atoms with Crippen molar-refractivity contribution in [2.75, 3.05) is 18.9 Å². The zero-order valence-electron chi connectivity index (χ0n) is 19.5. The molecule has 0 bridgehead atoms. The first-order chi connectivity index (χ1) is 17.6. The number of carboxylic acids is 1. The van der Waals surface area contributed by atoms with Gasteiger partial charge in [-0.25, -0.2) is 9.59 Å². The molecule has 0 spiro atoms. The number of carbonyl (C=O) groups is 1. The lowest BCUT2D eigenvalue weighted by Crippen LogP contribution is -2.66. The predicted octanol–water partition coefficient (Wildman–Crippen LogP) is -6.12. The number of phosphoric acid groups is 1. The van der Waals surface area contributed by atoms with Gasteiger partial charge in [-0.3, -0.25) is 13.7 Å². The van der Waals surface area contributed by atoms with Crippen LogP contribution in [0.1, 0.15) is 12.6 Å². The van der Waals surface area contributed by atoms with Gasteiger partial charge in [-0.1, -0.05) is 0 Å². The minimum Gasteiger partial charge on any atom is -0.756 e. The van der Waals surface area contributed by atoms with Crippen LogP contribution in [-0.2, 0) is 27.9 Å². The summed E-state index contributed by atoms with van der Waals surface area (Å²) in [5, 5.41) is 60.5. The number of anilines is 1. The standard InChI is InChI=1S/C18H30N5O14P/c19-4-7(25)11(26)14-10(21)6(24)3-18(36-14,16(29)30)37-38(32,33)34-5-8-12(27)13(28)15(35-8)23-2-1-9(20)22-17(23)31/h1-2,6-8,10-15,24-28H,3-5,19,21H2,(H,29,30)(H,32,33)(H2,20,22,31)/p-1/t6-,7-,8-,10-,11-,12+,13?,14?,15-,18-/m1/s1. The van der Waals surface area contributed by atoms with Crippen LogP contribution >= 0.6 is 7.82 Å². The van der Waals surface area contributed by atoms with Crippen LogP contribution in [0.15, 0.2) is 17.1 Å². The normalized spacial score (nSPS) is 36.9. The van der Waals surface area contributed by atoms with E-state index in [1.54, 1.807) is 0 Å². The van der Waals surface area contributed by atoms with Gasteiger partial charge in [0.05, 0.1) is 24.9 Å². The van der Waals surface area contributed by atoms with Gasteiger partial charge < -0.3 is 66.7 Å². The number of aliphatic carboxylic acids is 1. The Morgan fingerprint density at radius 3 is 2.58 bits per heavy atom. The lowest BCUT2D eigenvalue weighted by molar-refractivity contribution is -0.311. The number of hydrogen-bond acceptors (Lipinski definition) is 17. The minimum absolute atomic E-state index is 0.126. The largest absolute Gasteiger partial charge is 0.756 e. The summed E-state index contributed by atoms with van der Waals surface area (Å²) in [4.78, 5) is 40.0. The maximum Gasteiger partial charge on any atom is 0.364 e. The van der Waals surface area contributed by atoms with E-state index in [9.17, 15) is 49.7 Å². The topological polar surface area (TPSA) is 328 Å². The first-order valence-electron chi connectivity index (χ1n) is 11.1. The van der Waals surface area contributed by atoms with Gasteiger partial charge in [0.1, 0.15) is 36.3 Å². The smallest absolute Gasteiger partial charge is 0.364 e. The van der Waals surface area contributed by atoms with Crippen LogP contribution in [0.4, 0.5) is 5.82 Å². The molecule has 12 N–H and O–H groups in total. The fraction of sp³-hybridized carbons (Fsp3) is 0.722.